The zero-order chi connectivity index (χ0) is 17.7. The summed E-state index contributed by atoms with van der Waals surface area (Å²) in [4.78, 5) is 11.4. The minimum absolute atomic E-state index is 0.0287. The van der Waals surface area contributed by atoms with Crippen LogP contribution in [0.2, 0.25) is 0 Å². The summed E-state index contributed by atoms with van der Waals surface area (Å²) in [6.45, 7) is 3.59. The maximum absolute atomic E-state index is 13.5. The van der Waals surface area contributed by atoms with Gasteiger partial charge in [0.05, 0.1) is 17.1 Å². The summed E-state index contributed by atoms with van der Waals surface area (Å²) in [7, 11) is -3.81. The fraction of sp³-hybridized carbons (Fsp3) is 0.235. The van der Waals surface area contributed by atoms with Crippen LogP contribution in [0.15, 0.2) is 47.4 Å². The molecule has 5 nitrogen and oxygen atoms in total. The van der Waals surface area contributed by atoms with E-state index in [0.29, 0.717) is 16.7 Å². The van der Waals surface area contributed by atoms with Crippen molar-refractivity contribution in [1.82, 2.24) is 4.72 Å². The highest BCUT2D eigenvalue weighted by Gasteiger charge is 2.15. The topological polar surface area (TPSA) is 72.5 Å². The summed E-state index contributed by atoms with van der Waals surface area (Å²) in [6.07, 6.45) is 0. The van der Waals surface area contributed by atoms with Crippen LogP contribution in [0.25, 0.3) is 0 Å². The van der Waals surface area contributed by atoms with Crippen molar-refractivity contribution in [3.63, 3.8) is 0 Å². The number of halogens is 1. The number of hydrogen-bond acceptors (Lipinski definition) is 4. The summed E-state index contributed by atoms with van der Waals surface area (Å²) >= 11 is 0. The van der Waals surface area contributed by atoms with Crippen LogP contribution in [0.5, 0.6) is 0 Å². The second-order valence-electron chi connectivity index (χ2n) is 5.15. The predicted molar refractivity (Wildman–Crippen MR) is 87.6 cm³/mol. The third-order valence-corrected chi connectivity index (χ3v) is 4.78. The van der Waals surface area contributed by atoms with E-state index in [4.69, 9.17) is 4.74 Å². The molecule has 0 unspecified atom stereocenters. The van der Waals surface area contributed by atoms with Crippen LogP contribution < -0.4 is 4.72 Å². The van der Waals surface area contributed by atoms with Crippen LogP contribution in [0.4, 0.5) is 4.39 Å². The average Bonchev–Trinajstić information content (AvgIpc) is 2.56. The third kappa shape index (κ3) is 4.39. The summed E-state index contributed by atoms with van der Waals surface area (Å²) in [6, 6.07) is 10.1. The summed E-state index contributed by atoms with van der Waals surface area (Å²) < 4.78 is 45.2. The lowest BCUT2D eigenvalue weighted by atomic mass is 10.1. The Morgan fingerprint density at radius 1 is 1.17 bits per heavy atom. The largest absolute Gasteiger partial charge is 0.462 e. The third-order valence-electron chi connectivity index (χ3n) is 3.38. The Hall–Kier alpha value is -2.25. The minimum atomic E-state index is -3.81. The smallest absolute Gasteiger partial charge is 0.338 e. The van der Waals surface area contributed by atoms with Crippen molar-refractivity contribution in [1.29, 1.82) is 0 Å². The van der Waals surface area contributed by atoms with Crippen molar-refractivity contribution in [2.45, 2.75) is 25.3 Å². The lowest BCUT2D eigenvalue weighted by Gasteiger charge is -2.08. The molecule has 0 atom stereocenters. The van der Waals surface area contributed by atoms with Crippen molar-refractivity contribution in [3.8, 4) is 0 Å². The first-order valence-corrected chi connectivity index (χ1v) is 8.83. The SMILES string of the molecule is CCOC(=O)c1ccc(CNS(=O)(=O)c2ccc(C)c(F)c2)cc1. The summed E-state index contributed by atoms with van der Waals surface area (Å²) in [5, 5.41) is 0. The highest BCUT2D eigenvalue weighted by Crippen LogP contribution is 2.15. The number of carbonyl (C=O) groups excluding carboxylic acids is 1. The van der Waals surface area contributed by atoms with Crippen LogP contribution in [-0.2, 0) is 21.3 Å². The zero-order valence-electron chi connectivity index (χ0n) is 13.4. The molecule has 0 aliphatic rings. The number of benzene rings is 2. The first-order valence-electron chi connectivity index (χ1n) is 7.35. The van der Waals surface area contributed by atoms with Gasteiger partial charge in [0.2, 0.25) is 10.0 Å². The Morgan fingerprint density at radius 3 is 2.42 bits per heavy atom. The molecule has 2 aromatic carbocycles. The van der Waals surface area contributed by atoms with Crippen LogP contribution in [0.3, 0.4) is 0 Å². The van der Waals surface area contributed by atoms with E-state index in [-0.39, 0.29) is 18.0 Å². The molecular weight excluding hydrogens is 333 g/mol. The van der Waals surface area contributed by atoms with Gasteiger partial charge in [-0.3, -0.25) is 0 Å². The van der Waals surface area contributed by atoms with Crippen molar-refractivity contribution >= 4 is 16.0 Å². The highest BCUT2D eigenvalue weighted by molar-refractivity contribution is 7.89. The van der Waals surface area contributed by atoms with E-state index >= 15 is 0 Å². The Labute approximate surface area is 140 Å². The number of rotatable bonds is 6. The Bertz CT molecular complexity index is 832. The highest BCUT2D eigenvalue weighted by atomic mass is 32.2. The van der Waals surface area contributed by atoms with E-state index < -0.39 is 21.8 Å². The standard InChI is InChI=1S/C17H18FNO4S/c1-3-23-17(20)14-7-5-13(6-8-14)11-19-24(21,22)15-9-4-12(2)16(18)10-15/h4-10,19H,3,11H2,1-2H3. The average molecular weight is 351 g/mol. The number of aryl methyl sites for hydroxylation is 1. The molecular formula is C17H18FNO4S. The maximum Gasteiger partial charge on any atom is 0.338 e. The number of hydrogen-bond donors (Lipinski definition) is 1. The number of carbonyl (C=O) groups is 1. The number of ether oxygens (including phenoxy) is 1. The maximum atomic E-state index is 13.5. The monoisotopic (exact) mass is 351 g/mol. The second-order valence-corrected chi connectivity index (χ2v) is 6.92. The molecule has 2 aromatic rings. The molecule has 0 saturated heterocycles. The van der Waals surface area contributed by atoms with Crippen molar-refractivity contribution in [2.24, 2.45) is 0 Å². The van der Waals surface area contributed by atoms with Gasteiger partial charge in [0.1, 0.15) is 5.82 Å². The Kier molecular flexibility index (Phi) is 5.69. The van der Waals surface area contributed by atoms with Gasteiger partial charge in [-0.25, -0.2) is 22.3 Å². The van der Waals surface area contributed by atoms with Crippen LogP contribution >= 0.6 is 0 Å². The predicted octanol–water partition coefficient (Wildman–Crippen LogP) is 2.79. The molecule has 0 saturated carbocycles. The van der Waals surface area contributed by atoms with Crippen molar-refractivity contribution < 1.29 is 22.3 Å². The van der Waals surface area contributed by atoms with E-state index in [1.54, 1.807) is 38.1 Å². The molecule has 0 bridgehead atoms. The minimum Gasteiger partial charge on any atom is -0.462 e. The quantitative estimate of drug-likeness (QED) is 0.812. The molecule has 2 rings (SSSR count). The fourth-order valence-corrected chi connectivity index (χ4v) is 3.00. The fourth-order valence-electron chi connectivity index (χ4n) is 1.98. The normalized spacial score (nSPS) is 11.3. The van der Waals surface area contributed by atoms with Crippen molar-refractivity contribution in [3.05, 3.63) is 65.0 Å². The van der Waals surface area contributed by atoms with Crippen LogP contribution in [0, 0.1) is 12.7 Å². The summed E-state index contributed by atoms with van der Waals surface area (Å²) in [5.41, 5.74) is 1.44. The van der Waals surface area contributed by atoms with Gasteiger partial charge in [-0.1, -0.05) is 18.2 Å². The van der Waals surface area contributed by atoms with Gasteiger partial charge in [0, 0.05) is 6.54 Å². The lowest BCUT2D eigenvalue weighted by molar-refractivity contribution is 0.0526. The van der Waals surface area contributed by atoms with Gasteiger partial charge in [-0.15, -0.1) is 0 Å². The molecule has 128 valence electrons. The van der Waals surface area contributed by atoms with Gasteiger partial charge in [-0.2, -0.15) is 0 Å². The Morgan fingerprint density at radius 2 is 1.83 bits per heavy atom. The first kappa shape index (κ1) is 18.1. The summed E-state index contributed by atoms with van der Waals surface area (Å²) in [5.74, 6) is -1.00. The molecule has 0 aromatic heterocycles. The van der Waals surface area contributed by atoms with Gasteiger partial charge in [-0.05, 0) is 49.2 Å². The van der Waals surface area contributed by atoms with E-state index in [2.05, 4.69) is 4.72 Å². The number of nitrogens with one attached hydrogen (secondary N) is 1. The van der Waals surface area contributed by atoms with Crippen LogP contribution in [-0.4, -0.2) is 21.0 Å². The second kappa shape index (κ2) is 7.55. The van der Waals surface area contributed by atoms with E-state index in [1.165, 1.54) is 12.1 Å². The molecule has 0 radical (unpaired) electrons. The van der Waals surface area contributed by atoms with Crippen LogP contribution in [0.1, 0.15) is 28.4 Å². The Balaban J connectivity index is 2.06. The van der Waals surface area contributed by atoms with Gasteiger partial charge >= 0.3 is 5.97 Å². The van der Waals surface area contributed by atoms with E-state index in [1.807, 2.05) is 0 Å². The molecule has 0 aliphatic heterocycles. The first-order chi connectivity index (χ1) is 11.3. The number of esters is 1. The van der Waals surface area contributed by atoms with Gasteiger partial charge in [0.15, 0.2) is 0 Å². The van der Waals surface area contributed by atoms with Gasteiger partial charge < -0.3 is 4.74 Å². The lowest BCUT2D eigenvalue weighted by Crippen LogP contribution is -2.23. The molecule has 24 heavy (non-hydrogen) atoms. The molecule has 7 heteroatoms. The molecule has 0 amide bonds. The molecule has 0 aliphatic carbocycles. The molecule has 0 fully saturated rings. The zero-order valence-corrected chi connectivity index (χ0v) is 14.2. The molecule has 1 N–H and O–H groups in total. The van der Waals surface area contributed by atoms with Crippen molar-refractivity contribution in [2.75, 3.05) is 6.61 Å². The molecule has 0 spiro atoms. The molecule has 0 heterocycles. The number of sulfonamides is 1. The van der Waals surface area contributed by atoms with E-state index in [0.717, 1.165) is 6.07 Å². The van der Waals surface area contributed by atoms with Gasteiger partial charge in [0.25, 0.3) is 0 Å². The van der Waals surface area contributed by atoms with E-state index in [9.17, 15) is 17.6 Å².